The second kappa shape index (κ2) is 5.39. The zero-order valence-electron chi connectivity index (χ0n) is 10.4. The molecular formula is C12H20N4O2. The Morgan fingerprint density at radius 2 is 2.22 bits per heavy atom. The highest BCUT2D eigenvalue weighted by Gasteiger charge is 2.32. The van der Waals surface area contributed by atoms with Gasteiger partial charge in [0.25, 0.3) is 5.91 Å². The number of rotatable bonds is 4. The van der Waals surface area contributed by atoms with Crippen molar-refractivity contribution in [3.05, 3.63) is 11.9 Å². The third-order valence-electron chi connectivity index (χ3n) is 3.77. The van der Waals surface area contributed by atoms with Gasteiger partial charge >= 0.3 is 0 Å². The van der Waals surface area contributed by atoms with Crippen LogP contribution in [0.15, 0.2) is 6.20 Å². The first-order chi connectivity index (χ1) is 8.67. The molecule has 1 heterocycles. The molecule has 1 aliphatic rings. The Labute approximate surface area is 106 Å². The third-order valence-corrected chi connectivity index (χ3v) is 3.77. The highest BCUT2D eigenvalue weighted by atomic mass is 16.3. The van der Waals surface area contributed by atoms with Gasteiger partial charge in [0.2, 0.25) is 0 Å². The minimum absolute atomic E-state index is 0.117. The lowest BCUT2D eigenvalue weighted by atomic mass is 9.74. The van der Waals surface area contributed by atoms with Gasteiger partial charge in [0.1, 0.15) is 5.69 Å². The Kier molecular flexibility index (Phi) is 3.86. The van der Waals surface area contributed by atoms with Crippen molar-refractivity contribution in [1.82, 2.24) is 15.5 Å². The van der Waals surface area contributed by atoms with E-state index in [0.717, 1.165) is 25.7 Å². The Hall–Kier alpha value is -1.56. The minimum atomic E-state index is -0.261. The second-order valence-corrected chi connectivity index (χ2v) is 5.10. The second-order valence-electron chi connectivity index (χ2n) is 5.10. The molecule has 0 bridgehead atoms. The van der Waals surface area contributed by atoms with Crippen molar-refractivity contribution in [2.45, 2.75) is 32.1 Å². The van der Waals surface area contributed by atoms with Crippen LogP contribution in [0.5, 0.6) is 0 Å². The molecule has 6 heteroatoms. The summed E-state index contributed by atoms with van der Waals surface area (Å²) in [4.78, 5) is 11.9. The molecule has 6 nitrogen and oxygen atoms in total. The first-order valence-electron chi connectivity index (χ1n) is 6.35. The minimum Gasteiger partial charge on any atom is -0.396 e. The standard InChI is InChI=1S/C12H20N4O2/c13-9-6-15-16-10(9)11(18)14-7-12(8-17)4-2-1-3-5-12/h6,17H,1-5,7-8,13H2,(H,14,18)(H,15,16). The van der Waals surface area contributed by atoms with Gasteiger partial charge in [-0.2, -0.15) is 5.10 Å². The van der Waals surface area contributed by atoms with E-state index in [1.54, 1.807) is 0 Å². The Balaban J connectivity index is 1.94. The third kappa shape index (κ3) is 2.64. The molecule has 18 heavy (non-hydrogen) atoms. The predicted molar refractivity (Wildman–Crippen MR) is 67.9 cm³/mol. The molecule has 1 fully saturated rings. The Morgan fingerprint density at radius 1 is 1.50 bits per heavy atom. The number of nitrogens with one attached hydrogen (secondary N) is 2. The summed E-state index contributed by atoms with van der Waals surface area (Å²) in [5.41, 5.74) is 6.08. The van der Waals surface area contributed by atoms with Gasteiger partial charge in [-0.15, -0.1) is 0 Å². The molecule has 1 aliphatic carbocycles. The van der Waals surface area contributed by atoms with E-state index < -0.39 is 0 Å². The highest BCUT2D eigenvalue weighted by molar-refractivity contribution is 5.96. The van der Waals surface area contributed by atoms with Crippen molar-refractivity contribution in [3.8, 4) is 0 Å². The number of nitrogens with two attached hydrogens (primary N) is 1. The van der Waals surface area contributed by atoms with Gasteiger partial charge < -0.3 is 16.2 Å². The van der Waals surface area contributed by atoms with E-state index in [2.05, 4.69) is 15.5 Å². The van der Waals surface area contributed by atoms with E-state index in [1.165, 1.54) is 12.6 Å². The van der Waals surface area contributed by atoms with Gasteiger partial charge in [-0.05, 0) is 12.8 Å². The lowest BCUT2D eigenvalue weighted by Crippen LogP contribution is -2.41. The van der Waals surface area contributed by atoms with E-state index in [1.807, 2.05) is 0 Å². The first-order valence-corrected chi connectivity index (χ1v) is 6.35. The maximum absolute atomic E-state index is 11.9. The number of aromatic amines is 1. The highest BCUT2D eigenvalue weighted by Crippen LogP contribution is 2.35. The summed E-state index contributed by atoms with van der Waals surface area (Å²) in [7, 11) is 0. The topological polar surface area (TPSA) is 104 Å². The van der Waals surface area contributed by atoms with Crippen LogP contribution in [0.3, 0.4) is 0 Å². The van der Waals surface area contributed by atoms with Crippen LogP contribution in [0.25, 0.3) is 0 Å². The van der Waals surface area contributed by atoms with Gasteiger partial charge in [-0.3, -0.25) is 9.89 Å². The zero-order valence-corrected chi connectivity index (χ0v) is 10.4. The summed E-state index contributed by atoms with van der Waals surface area (Å²) in [5, 5.41) is 18.7. The van der Waals surface area contributed by atoms with Gasteiger partial charge in [0.15, 0.2) is 0 Å². The monoisotopic (exact) mass is 252 g/mol. The number of amides is 1. The number of H-pyrrole nitrogens is 1. The summed E-state index contributed by atoms with van der Waals surface area (Å²) in [5.74, 6) is -0.261. The predicted octanol–water partition coefficient (Wildman–Crippen LogP) is 0.664. The SMILES string of the molecule is Nc1cn[nH]c1C(=O)NCC1(CO)CCCCC1. The first kappa shape index (κ1) is 12.9. The summed E-state index contributed by atoms with van der Waals surface area (Å²) in [6.45, 7) is 0.604. The number of carbonyl (C=O) groups excluding carboxylic acids is 1. The van der Waals surface area contributed by atoms with E-state index in [-0.39, 0.29) is 17.9 Å². The normalized spacial score (nSPS) is 18.5. The summed E-state index contributed by atoms with van der Waals surface area (Å²) < 4.78 is 0. The Bertz CT molecular complexity index is 410. The fraction of sp³-hybridized carbons (Fsp3) is 0.667. The van der Waals surface area contributed by atoms with Crippen molar-refractivity contribution in [3.63, 3.8) is 0 Å². The molecule has 0 aromatic carbocycles. The number of carbonyl (C=O) groups is 1. The lowest BCUT2D eigenvalue weighted by molar-refractivity contribution is 0.0716. The van der Waals surface area contributed by atoms with Crippen molar-refractivity contribution in [1.29, 1.82) is 0 Å². The molecule has 0 spiro atoms. The van der Waals surface area contributed by atoms with Crippen LogP contribution in [0.4, 0.5) is 5.69 Å². The van der Waals surface area contributed by atoms with Crippen LogP contribution >= 0.6 is 0 Å². The lowest BCUT2D eigenvalue weighted by Gasteiger charge is -2.35. The number of aliphatic hydroxyl groups is 1. The maximum Gasteiger partial charge on any atom is 0.271 e. The number of aliphatic hydroxyl groups excluding tert-OH is 1. The molecule has 0 aliphatic heterocycles. The number of nitrogen functional groups attached to an aromatic ring is 1. The van der Waals surface area contributed by atoms with E-state index in [0.29, 0.717) is 17.9 Å². The largest absolute Gasteiger partial charge is 0.396 e. The molecule has 1 aromatic heterocycles. The smallest absolute Gasteiger partial charge is 0.271 e. The molecule has 0 saturated heterocycles. The molecule has 0 unspecified atom stereocenters. The van der Waals surface area contributed by atoms with Gasteiger partial charge in [-0.25, -0.2) is 0 Å². The molecule has 0 radical (unpaired) electrons. The van der Waals surface area contributed by atoms with Crippen LogP contribution in [0.2, 0.25) is 0 Å². The number of aromatic nitrogens is 2. The summed E-state index contributed by atoms with van der Waals surface area (Å²) >= 11 is 0. The molecular weight excluding hydrogens is 232 g/mol. The van der Waals surface area contributed by atoms with Crippen molar-refractivity contribution in [2.75, 3.05) is 18.9 Å². The van der Waals surface area contributed by atoms with Gasteiger partial charge in [0.05, 0.1) is 18.5 Å². The van der Waals surface area contributed by atoms with E-state index in [4.69, 9.17) is 5.73 Å². The molecule has 1 aromatic rings. The zero-order chi connectivity index (χ0) is 13.0. The van der Waals surface area contributed by atoms with Gasteiger partial charge in [0, 0.05) is 12.0 Å². The van der Waals surface area contributed by atoms with Crippen molar-refractivity contribution in [2.24, 2.45) is 5.41 Å². The fourth-order valence-electron chi connectivity index (χ4n) is 2.53. The molecule has 1 amide bonds. The number of nitrogens with zero attached hydrogens (tertiary/aromatic N) is 1. The van der Waals surface area contributed by atoms with Crippen molar-refractivity contribution >= 4 is 11.6 Å². The molecule has 100 valence electrons. The molecule has 5 N–H and O–H groups in total. The Morgan fingerprint density at radius 3 is 2.78 bits per heavy atom. The number of hydrogen-bond acceptors (Lipinski definition) is 4. The summed E-state index contributed by atoms with van der Waals surface area (Å²) in [6.07, 6.45) is 6.77. The molecule has 0 atom stereocenters. The number of anilines is 1. The quantitative estimate of drug-likeness (QED) is 0.632. The van der Waals surface area contributed by atoms with Crippen LogP contribution in [-0.4, -0.2) is 34.4 Å². The average Bonchev–Trinajstić information content (AvgIpc) is 2.83. The fourth-order valence-corrected chi connectivity index (χ4v) is 2.53. The molecule has 1 saturated carbocycles. The average molecular weight is 252 g/mol. The van der Waals surface area contributed by atoms with Crippen LogP contribution in [-0.2, 0) is 0 Å². The van der Waals surface area contributed by atoms with Crippen LogP contribution < -0.4 is 11.1 Å². The van der Waals surface area contributed by atoms with Crippen LogP contribution in [0.1, 0.15) is 42.6 Å². The summed E-state index contributed by atoms with van der Waals surface area (Å²) in [6, 6.07) is 0. The van der Waals surface area contributed by atoms with E-state index in [9.17, 15) is 9.90 Å². The van der Waals surface area contributed by atoms with Gasteiger partial charge in [-0.1, -0.05) is 19.3 Å². The van der Waals surface area contributed by atoms with Crippen molar-refractivity contribution < 1.29 is 9.90 Å². The van der Waals surface area contributed by atoms with Crippen LogP contribution in [0, 0.1) is 5.41 Å². The molecule has 2 rings (SSSR count). The number of hydrogen-bond donors (Lipinski definition) is 4. The maximum atomic E-state index is 11.9. The van der Waals surface area contributed by atoms with E-state index >= 15 is 0 Å².